The van der Waals surface area contributed by atoms with Crippen LogP contribution in [0.1, 0.15) is 23.1 Å². The van der Waals surface area contributed by atoms with Crippen LogP contribution in [0.4, 0.5) is 11.4 Å². The monoisotopic (exact) mass is 379 g/mol. The fraction of sp³-hybridized carbons (Fsp3) is 0.318. The third kappa shape index (κ3) is 4.39. The maximum Gasteiger partial charge on any atom is 0.243 e. The second-order valence-corrected chi connectivity index (χ2v) is 7.27. The van der Waals surface area contributed by atoms with Crippen LogP contribution in [0.5, 0.6) is 0 Å². The van der Waals surface area contributed by atoms with E-state index in [0.29, 0.717) is 6.54 Å². The zero-order valence-electron chi connectivity index (χ0n) is 16.4. The zero-order valence-corrected chi connectivity index (χ0v) is 16.4. The Morgan fingerprint density at radius 3 is 2.32 bits per heavy atom. The van der Waals surface area contributed by atoms with Crippen LogP contribution >= 0.6 is 0 Å². The summed E-state index contributed by atoms with van der Waals surface area (Å²) in [5.74, 6) is -1.10. The van der Waals surface area contributed by atoms with Gasteiger partial charge in [-0.25, -0.2) is 0 Å². The molecular formula is C22H25N3O3. The van der Waals surface area contributed by atoms with Crippen molar-refractivity contribution in [1.82, 2.24) is 5.32 Å². The van der Waals surface area contributed by atoms with Gasteiger partial charge in [0.1, 0.15) is 0 Å². The molecule has 0 unspecified atom stereocenters. The van der Waals surface area contributed by atoms with Crippen molar-refractivity contribution in [1.29, 1.82) is 0 Å². The Balaban J connectivity index is 1.54. The second-order valence-electron chi connectivity index (χ2n) is 7.27. The molecule has 3 amide bonds. The number of anilines is 2. The molecule has 6 heteroatoms. The zero-order chi connectivity index (χ0) is 20.3. The van der Waals surface area contributed by atoms with Gasteiger partial charge in [-0.2, -0.15) is 0 Å². The average Bonchev–Trinajstić information content (AvgIpc) is 3.05. The summed E-state index contributed by atoms with van der Waals surface area (Å²) >= 11 is 0. The molecule has 28 heavy (non-hydrogen) atoms. The fourth-order valence-corrected chi connectivity index (χ4v) is 3.36. The summed E-state index contributed by atoms with van der Waals surface area (Å²) in [6, 6.07) is 13.4. The quantitative estimate of drug-likeness (QED) is 0.838. The van der Waals surface area contributed by atoms with Crippen LogP contribution in [-0.4, -0.2) is 30.8 Å². The molecule has 1 saturated heterocycles. The van der Waals surface area contributed by atoms with E-state index >= 15 is 0 Å². The summed E-state index contributed by atoms with van der Waals surface area (Å²) in [5, 5.41) is 5.50. The Kier molecular flexibility index (Phi) is 5.78. The topological polar surface area (TPSA) is 78.5 Å². The van der Waals surface area contributed by atoms with Crippen LogP contribution < -0.4 is 15.5 Å². The molecule has 1 aliphatic heterocycles. The van der Waals surface area contributed by atoms with E-state index in [-0.39, 0.29) is 30.7 Å². The van der Waals surface area contributed by atoms with Crippen molar-refractivity contribution in [2.24, 2.45) is 5.92 Å². The van der Waals surface area contributed by atoms with E-state index < -0.39 is 5.92 Å². The highest BCUT2D eigenvalue weighted by atomic mass is 16.2. The molecule has 0 saturated carbocycles. The molecule has 146 valence electrons. The number of nitrogens with one attached hydrogen (secondary N) is 2. The highest BCUT2D eigenvalue weighted by Gasteiger charge is 2.35. The number of amides is 3. The minimum Gasteiger partial charge on any atom is -0.347 e. The SMILES string of the molecule is Cc1ccc(N2C[C@@H](C(=O)NCC(=O)Nc3c(C)cccc3C)CC2=O)cc1. The first kappa shape index (κ1) is 19.6. The number of rotatable bonds is 5. The van der Waals surface area contributed by atoms with Crippen LogP contribution in [0, 0.1) is 26.7 Å². The summed E-state index contributed by atoms with van der Waals surface area (Å²) < 4.78 is 0. The minimum atomic E-state index is -0.457. The number of para-hydroxylation sites is 1. The van der Waals surface area contributed by atoms with Crippen molar-refractivity contribution in [2.75, 3.05) is 23.3 Å². The Bertz CT molecular complexity index is 885. The molecule has 1 fully saturated rings. The molecule has 1 atom stereocenters. The number of aryl methyl sites for hydroxylation is 3. The Labute approximate surface area is 164 Å². The van der Waals surface area contributed by atoms with Gasteiger partial charge in [-0.15, -0.1) is 0 Å². The van der Waals surface area contributed by atoms with Gasteiger partial charge < -0.3 is 15.5 Å². The molecule has 2 N–H and O–H groups in total. The molecule has 0 aliphatic carbocycles. The number of carbonyl (C=O) groups excluding carboxylic acids is 3. The lowest BCUT2D eigenvalue weighted by atomic mass is 10.1. The largest absolute Gasteiger partial charge is 0.347 e. The van der Waals surface area contributed by atoms with Crippen molar-refractivity contribution < 1.29 is 14.4 Å². The second kappa shape index (κ2) is 8.25. The highest BCUT2D eigenvalue weighted by Crippen LogP contribution is 2.25. The number of benzene rings is 2. The first-order valence-electron chi connectivity index (χ1n) is 9.36. The molecular weight excluding hydrogens is 354 g/mol. The summed E-state index contributed by atoms with van der Waals surface area (Å²) in [7, 11) is 0. The van der Waals surface area contributed by atoms with E-state index in [2.05, 4.69) is 10.6 Å². The van der Waals surface area contributed by atoms with Gasteiger partial charge in [-0.05, 0) is 44.0 Å². The Morgan fingerprint density at radius 2 is 1.68 bits per heavy atom. The molecule has 0 bridgehead atoms. The molecule has 0 aromatic heterocycles. The predicted molar refractivity (Wildman–Crippen MR) is 109 cm³/mol. The van der Waals surface area contributed by atoms with Gasteiger partial charge in [0, 0.05) is 24.3 Å². The lowest BCUT2D eigenvalue weighted by Crippen LogP contribution is -2.38. The lowest BCUT2D eigenvalue weighted by Gasteiger charge is -2.17. The van der Waals surface area contributed by atoms with Crippen molar-refractivity contribution in [3.63, 3.8) is 0 Å². The third-order valence-corrected chi connectivity index (χ3v) is 5.01. The molecule has 1 heterocycles. The highest BCUT2D eigenvalue weighted by molar-refractivity contribution is 6.01. The minimum absolute atomic E-state index is 0.0796. The molecule has 0 radical (unpaired) electrons. The van der Waals surface area contributed by atoms with Crippen LogP contribution in [-0.2, 0) is 14.4 Å². The van der Waals surface area contributed by atoms with Crippen LogP contribution in [0.2, 0.25) is 0 Å². The molecule has 6 nitrogen and oxygen atoms in total. The molecule has 2 aromatic rings. The number of hydrogen-bond acceptors (Lipinski definition) is 3. The van der Waals surface area contributed by atoms with Crippen molar-refractivity contribution in [2.45, 2.75) is 27.2 Å². The van der Waals surface area contributed by atoms with Gasteiger partial charge in [0.05, 0.1) is 12.5 Å². The summed E-state index contributed by atoms with van der Waals surface area (Å²) in [6.45, 7) is 6.03. The molecule has 3 rings (SSSR count). The van der Waals surface area contributed by atoms with E-state index in [1.54, 1.807) is 4.90 Å². The van der Waals surface area contributed by atoms with E-state index in [1.165, 1.54) is 0 Å². The third-order valence-electron chi connectivity index (χ3n) is 5.01. The van der Waals surface area contributed by atoms with E-state index in [9.17, 15) is 14.4 Å². The lowest BCUT2D eigenvalue weighted by molar-refractivity contribution is -0.127. The van der Waals surface area contributed by atoms with E-state index in [0.717, 1.165) is 28.1 Å². The van der Waals surface area contributed by atoms with Gasteiger partial charge >= 0.3 is 0 Å². The molecule has 1 aliphatic rings. The summed E-state index contributed by atoms with van der Waals surface area (Å²) in [4.78, 5) is 38.6. The van der Waals surface area contributed by atoms with Crippen molar-refractivity contribution in [3.8, 4) is 0 Å². The van der Waals surface area contributed by atoms with Crippen molar-refractivity contribution >= 4 is 29.1 Å². The van der Waals surface area contributed by atoms with Crippen molar-refractivity contribution in [3.05, 3.63) is 59.2 Å². The van der Waals surface area contributed by atoms with E-state index in [1.807, 2.05) is 63.2 Å². The van der Waals surface area contributed by atoms with Crippen LogP contribution in [0.25, 0.3) is 0 Å². The standard InChI is InChI=1S/C22H25N3O3/c1-14-7-9-18(10-8-14)25-13-17(11-20(25)27)22(28)23-12-19(26)24-21-15(2)5-4-6-16(21)3/h4-10,17H,11-13H2,1-3H3,(H,23,28)(H,24,26)/t17-/m0/s1. The van der Waals surface area contributed by atoms with Crippen LogP contribution in [0.15, 0.2) is 42.5 Å². The van der Waals surface area contributed by atoms with Gasteiger partial charge in [0.25, 0.3) is 0 Å². The van der Waals surface area contributed by atoms with Gasteiger partial charge in [0.2, 0.25) is 17.7 Å². The maximum atomic E-state index is 12.4. The fourth-order valence-electron chi connectivity index (χ4n) is 3.36. The first-order valence-corrected chi connectivity index (χ1v) is 9.36. The summed E-state index contributed by atoms with van der Waals surface area (Å²) in [5.41, 5.74) is 4.60. The predicted octanol–water partition coefficient (Wildman–Crippen LogP) is 2.72. The number of carbonyl (C=O) groups is 3. The Morgan fingerprint density at radius 1 is 1.04 bits per heavy atom. The summed E-state index contributed by atoms with van der Waals surface area (Å²) in [6.07, 6.45) is 0.151. The average molecular weight is 379 g/mol. The Hall–Kier alpha value is -3.15. The number of hydrogen-bond donors (Lipinski definition) is 2. The van der Waals surface area contributed by atoms with Gasteiger partial charge in [-0.3, -0.25) is 14.4 Å². The maximum absolute atomic E-state index is 12.4. The number of nitrogens with zero attached hydrogens (tertiary/aromatic N) is 1. The smallest absolute Gasteiger partial charge is 0.243 e. The van der Waals surface area contributed by atoms with Crippen LogP contribution in [0.3, 0.4) is 0 Å². The van der Waals surface area contributed by atoms with Gasteiger partial charge in [0.15, 0.2) is 0 Å². The molecule has 0 spiro atoms. The van der Waals surface area contributed by atoms with Gasteiger partial charge in [-0.1, -0.05) is 35.9 Å². The van der Waals surface area contributed by atoms with E-state index in [4.69, 9.17) is 0 Å². The molecule has 2 aromatic carbocycles. The normalized spacial score (nSPS) is 16.2. The first-order chi connectivity index (χ1) is 13.3.